The third kappa shape index (κ3) is 4.42. The summed E-state index contributed by atoms with van der Waals surface area (Å²) in [5.41, 5.74) is 2.33. The molecule has 0 aliphatic carbocycles. The summed E-state index contributed by atoms with van der Waals surface area (Å²) in [6.45, 7) is 1.38. The maximum atomic E-state index is 6.07. The first-order chi connectivity index (χ1) is 9.70. The maximum Gasteiger partial charge on any atom is 0.0964 e. The average Bonchev–Trinajstić information content (AvgIpc) is 2.46. The lowest BCUT2D eigenvalue weighted by molar-refractivity contribution is 0.0406. The van der Waals surface area contributed by atoms with E-state index in [9.17, 15) is 0 Å². The average molecular weight is 399 g/mol. The number of benzene rings is 2. The van der Waals surface area contributed by atoms with Gasteiger partial charge in [-0.15, -0.1) is 0 Å². The van der Waals surface area contributed by atoms with Crippen molar-refractivity contribution in [1.29, 1.82) is 0 Å². The van der Waals surface area contributed by atoms with Crippen molar-refractivity contribution in [2.24, 2.45) is 0 Å². The van der Waals surface area contributed by atoms with Crippen molar-refractivity contribution >= 4 is 31.9 Å². The monoisotopic (exact) mass is 397 g/mol. The molecule has 0 aliphatic rings. The van der Waals surface area contributed by atoms with E-state index in [4.69, 9.17) is 4.74 Å². The molecule has 0 saturated carbocycles. The molecule has 1 atom stereocenters. The van der Waals surface area contributed by atoms with Gasteiger partial charge in [0, 0.05) is 15.5 Å². The van der Waals surface area contributed by atoms with Gasteiger partial charge in [0.05, 0.1) is 12.7 Å². The Morgan fingerprint density at radius 3 is 2.40 bits per heavy atom. The van der Waals surface area contributed by atoms with Crippen molar-refractivity contribution in [2.45, 2.75) is 12.7 Å². The largest absolute Gasteiger partial charge is 0.367 e. The number of nitrogens with one attached hydrogen (secondary N) is 1. The van der Waals surface area contributed by atoms with Crippen LogP contribution in [0.4, 0.5) is 0 Å². The summed E-state index contributed by atoms with van der Waals surface area (Å²) in [7, 11) is 1.94. The van der Waals surface area contributed by atoms with Crippen molar-refractivity contribution in [1.82, 2.24) is 5.32 Å². The second-order valence-electron chi connectivity index (χ2n) is 4.51. The third-order valence-electron chi connectivity index (χ3n) is 3.01. The molecule has 0 aliphatic heterocycles. The predicted octanol–water partition coefficient (Wildman–Crippen LogP) is 4.69. The number of rotatable bonds is 6. The van der Waals surface area contributed by atoms with Gasteiger partial charge in [0.2, 0.25) is 0 Å². The highest BCUT2D eigenvalue weighted by Crippen LogP contribution is 2.26. The first-order valence-electron chi connectivity index (χ1n) is 6.46. The van der Waals surface area contributed by atoms with E-state index in [1.165, 1.54) is 11.1 Å². The highest BCUT2D eigenvalue weighted by Gasteiger charge is 2.14. The third-order valence-corrected chi connectivity index (χ3v) is 4.26. The summed E-state index contributed by atoms with van der Waals surface area (Å²) in [6, 6.07) is 16.4. The molecule has 0 amide bonds. The fourth-order valence-electron chi connectivity index (χ4n) is 1.96. The van der Waals surface area contributed by atoms with Crippen LogP contribution in [-0.2, 0) is 11.3 Å². The molecule has 0 bridgehead atoms. The molecule has 0 radical (unpaired) electrons. The molecule has 1 unspecified atom stereocenters. The van der Waals surface area contributed by atoms with E-state index in [-0.39, 0.29) is 6.10 Å². The minimum atomic E-state index is 0.0271. The van der Waals surface area contributed by atoms with Crippen LogP contribution in [-0.4, -0.2) is 13.6 Å². The number of likely N-dealkylation sites (N-methyl/N-ethyl adjacent to an activating group) is 1. The Balaban J connectivity index is 2.06. The Bertz CT molecular complexity index is 542. The number of ether oxygens (including phenoxy) is 1. The molecule has 0 spiro atoms. The van der Waals surface area contributed by atoms with Crippen LogP contribution in [0.5, 0.6) is 0 Å². The summed E-state index contributed by atoms with van der Waals surface area (Å²) in [4.78, 5) is 0. The van der Waals surface area contributed by atoms with Gasteiger partial charge in [-0.25, -0.2) is 0 Å². The van der Waals surface area contributed by atoms with Crippen LogP contribution in [0.25, 0.3) is 0 Å². The van der Waals surface area contributed by atoms with E-state index in [2.05, 4.69) is 55.4 Å². The zero-order valence-electron chi connectivity index (χ0n) is 11.3. The van der Waals surface area contributed by atoms with Crippen molar-refractivity contribution in [3.63, 3.8) is 0 Å². The van der Waals surface area contributed by atoms with Gasteiger partial charge in [-0.2, -0.15) is 0 Å². The summed E-state index contributed by atoms with van der Waals surface area (Å²) in [5, 5.41) is 3.19. The summed E-state index contributed by atoms with van der Waals surface area (Å²) in [6.07, 6.45) is 0.0271. The molecule has 0 aromatic heterocycles. The van der Waals surface area contributed by atoms with Crippen LogP contribution >= 0.6 is 31.9 Å². The lowest BCUT2D eigenvalue weighted by Gasteiger charge is -2.19. The smallest absolute Gasteiger partial charge is 0.0964 e. The fourth-order valence-corrected chi connectivity index (χ4v) is 2.76. The molecule has 0 saturated heterocycles. The van der Waals surface area contributed by atoms with Gasteiger partial charge in [0.15, 0.2) is 0 Å². The fraction of sp³-hybridized carbons (Fsp3) is 0.250. The van der Waals surface area contributed by atoms with Gasteiger partial charge < -0.3 is 10.1 Å². The SMILES string of the molecule is CNCC(OCc1ccc(Br)cc1)c1ccccc1Br. The minimum Gasteiger partial charge on any atom is -0.367 e. The van der Waals surface area contributed by atoms with E-state index < -0.39 is 0 Å². The van der Waals surface area contributed by atoms with E-state index in [1.807, 2.05) is 37.4 Å². The lowest BCUT2D eigenvalue weighted by Crippen LogP contribution is -2.20. The van der Waals surface area contributed by atoms with Gasteiger partial charge >= 0.3 is 0 Å². The summed E-state index contributed by atoms with van der Waals surface area (Å²) < 4.78 is 8.23. The Hall–Kier alpha value is -0.680. The number of hydrogen-bond donors (Lipinski definition) is 1. The van der Waals surface area contributed by atoms with E-state index >= 15 is 0 Å². The second kappa shape index (κ2) is 7.93. The Morgan fingerprint density at radius 2 is 1.75 bits per heavy atom. The van der Waals surface area contributed by atoms with Crippen LogP contribution < -0.4 is 5.32 Å². The summed E-state index contributed by atoms with van der Waals surface area (Å²) in [5.74, 6) is 0. The van der Waals surface area contributed by atoms with Crippen LogP contribution in [0.15, 0.2) is 57.5 Å². The molecule has 2 rings (SSSR count). The molecule has 4 heteroatoms. The van der Waals surface area contributed by atoms with E-state index in [0.717, 1.165) is 15.5 Å². The van der Waals surface area contributed by atoms with Crippen molar-refractivity contribution in [3.8, 4) is 0 Å². The zero-order valence-corrected chi connectivity index (χ0v) is 14.4. The standard InChI is InChI=1S/C16H17Br2NO/c1-19-10-16(14-4-2-3-5-15(14)18)20-11-12-6-8-13(17)9-7-12/h2-9,16,19H,10-11H2,1H3. The van der Waals surface area contributed by atoms with Crippen LogP contribution in [0.2, 0.25) is 0 Å². The molecule has 0 fully saturated rings. The summed E-state index contributed by atoms with van der Waals surface area (Å²) >= 11 is 7.03. The first kappa shape index (κ1) is 15.7. The molecule has 106 valence electrons. The van der Waals surface area contributed by atoms with Crippen LogP contribution in [0, 0.1) is 0 Å². The van der Waals surface area contributed by atoms with Crippen LogP contribution in [0.3, 0.4) is 0 Å². The first-order valence-corrected chi connectivity index (χ1v) is 8.04. The minimum absolute atomic E-state index is 0.0271. The molecule has 20 heavy (non-hydrogen) atoms. The highest BCUT2D eigenvalue weighted by molar-refractivity contribution is 9.10. The number of hydrogen-bond acceptors (Lipinski definition) is 2. The van der Waals surface area contributed by atoms with Gasteiger partial charge in [-0.1, -0.05) is 62.2 Å². The molecule has 1 N–H and O–H groups in total. The Morgan fingerprint density at radius 1 is 1.05 bits per heavy atom. The van der Waals surface area contributed by atoms with E-state index in [0.29, 0.717) is 6.61 Å². The lowest BCUT2D eigenvalue weighted by atomic mass is 10.1. The molecule has 2 aromatic carbocycles. The van der Waals surface area contributed by atoms with Gasteiger partial charge in [0.1, 0.15) is 0 Å². The maximum absolute atomic E-state index is 6.07. The van der Waals surface area contributed by atoms with Crippen molar-refractivity contribution < 1.29 is 4.74 Å². The van der Waals surface area contributed by atoms with Gasteiger partial charge in [0.25, 0.3) is 0 Å². The molecular weight excluding hydrogens is 382 g/mol. The molecular formula is C16H17Br2NO. The quantitative estimate of drug-likeness (QED) is 0.762. The number of halogens is 2. The highest BCUT2D eigenvalue weighted by atomic mass is 79.9. The van der Waals surface area contributed by atoms with Crippen molar-refractivity contribution in [2.75, 3.05) is 13.6 Å². The Labute approximate surface area is 136 Å². The predicted molar refractivity (Wildman–Crippen MR) is 89.7 cm³/mol. The topological polar surface area (TPSA) is 21.3 Å². The second-order valence-corrected chi connectivity index (χ2v) is 6.28. The van der Waals surface area contributed by atoms with Gasteiger partial charge in [-0.3, -0.25) is 0 Å². The van der Waals surface area contributed by atoms with Gasteiger partial charge in [-0.05, 0) is 36.4 Å². The zero-order chi connectivity index (χ0) is 14.4. The van der Waals surface area contributed by atoms with Crippen LogP contribution in [0.1, 0.15) is 17.2 Å². The normalized spacial score (nSPS) is 12.3. The molecule has 0 heterocycles. The molecule has 2 aromatic rings. The van der Waals surface area contributed by atoms with E-state index in [1.54, 1.807) is 0 Å². The van der Waals surface area contributed by atoms with Crippen molar-refractivity contribution in [3.05, 3.63) is 68.6 Å². The Kier molecular flexibility index (Phi) is 6.23. The molecule has 2 nitrogen and oxygen atoms in total.